The van der Waals surface area contributed by atoms with Crippen molar-refractivity contribution in [1.82, 2.24) is 14.8 Å². The van der Waals surface area contributed by atoms with Crippen molar-refractivity contribution >= 4 is 11.8 Å². The van der Waals surface area contributed by atoms with Gasteiger partial charge in [0.1, 0.15) is 11.4 Å². The van der Waals surface area contributed by atoms with Gasteiger partial charge in [0.05, 0.1) is 7.11 Å². The minimum absolute atomic E-state index is 0.386. The molecule has 100 valence electrons. The summed E-state index contributed by atoms with van der Waals surface area (Å²) in [5, 5.41) is 7.26. The number of hydrogen-bond donors (Lipinski definition) is 1. The summed E-state index contributed by atoms with van der Waals surface area (Å²) >= 11 is 0. The van der Waals surface area contributed by atoms with E-state index in [1.165, 1.54) is 7.11 Å². The fraction of sp³-hybridized carbons (Fsp3) is 0.308. The average Bonchev–Trinajstić information content (AvgIpc) is 2.96. The summed E-state index contributed by atoms with van der Waals surface area (Å²) in [6.45, 7) is 1.53. The average molecular weight is 260 g/mol. The van der Waals surface area contributed by atoms with Crippen molar-refractivity contribution in [3.05, 3.63) is 42.4 Å². The lowest BCUT2D eigenvalue weighted by Gasteiger charge is -2.09. The molecule has 2 heterocycles. The third-order valence-electron chi connectivity index (χ3n) is 2.63. The summed E-state index contributed by atoms with van der Waals surface area (Å²) in [5.41, 5.74) is 0.448. The maximum Gasteiger partial charge on any atom is 0.341 e. The summed E-state index contributed by atoms with van der Waals surface area (Å²) in [6.07, 6.45) is 6.20. The fourth-order valence-electron chi connectivity index (χ4n) is 1.70. The Bertz CT molecular complexity index is 525. The molecule has 0 spiro atoms. The lowest BCUT2D eigenvalue weighted by molar-refractivity contribution is 0.0601. The molecule has 2 rings (SSSR count). The predicted octanol–water partition coefficient (Wildman–Crippen LogP) is 1.57. The Hall–Kier alpha value is -2.37. The zero-order chi connectivity index (χ0) is 13.5. The van der Waals surface area contributed by atoms with E-state index in [0.717, 1.165) is 13.0 Å². The van der Waals surface area contributed by atoms with Gasteiger partial charge in [0.2, 0.25) is 0 Å². The summed E-state index contributed by atoms with van der Waals surface area (Å²) in [6, 6.07) is 5.29. The number of nitrogens with zero attached hydrogens (tertiary/aromatic N) is 3. The van der Waals surface area contributed by atoms with E-state index in [-0.39, 0.29) is 5.97 Å². The molecule has 0 bridgehead atoms. The van der Waals surface area contributed by atoms with Gasteiger partial charge in [0.15, 0.2) is 0 Å². The number of pyridine rings is 1. The first-order valence-corrected chi connectivity index (χ1v) is 6.06. The van der Waals surface area contributed by atoms with E-state index >= 15 is 0 Å². The van der Waals surface area contributed by atoms with Crippen LogP contribution in [0.25, 0.3) is 0 Å². The number of aromatic nitrogens is 3. The smallest absolute Gasteiger partial charge is 0.341 e. The second-order valence-electron chi connectivity index (χ2n) is 3.94. The van der Waals surface area contributed by atoms with E-state index in [1.54, 1.807) is 24.5 Å². The highest BCUT2D eigenvalue weighted by molar-refractivity contribution is 5.94. The third kappa shape index (κ3) is 3.54. The maximum absolute atomic E-state index is 11.5. The van der Waals surface area contributed by atoms with Crippen LogP contribution in [0.4, 0.5) is 5.82 Å². The van der Waals surface area contributed by atoms with E-state index in [0.29, 0.717) is 17.9 Å². The van der Waals surface area contributed by atoms with Gasteiger partial charge >= 0.3 is 5.97 Å². The number of aryl methyl sites for hydroxylation is 1. The molecular formula is C13H16N4O2. The van der Waals surface area contributed by atoms with Crippen LogP contribution in [0.1, 0.15) is 16.8 Å². The highest BCUT2D eigenvalue weighted by Crippen LogP contribution is 2.12. The van der Waals surface area contributed by atoms with Crippen molar-refractivity contribution in [3.8, 4) is 0 Å². The van der Waals surface area contributed by atoms with Gasteiger partial charge in [-0.05, 0) is 24.6 Å². The van der Waals surface area contributed by atoms with E-state index in [2.05, 4.69) is 15.4 Å². The van der Waals surface area contributed by atoms with Gasteiger partial charge in [0, 0.05) is 31.7 Å². The molecule has 0 saturated carbocycles. The summed E-state index contributed by atoms with van der Waals surface area (Å²) in [4.78, 5) is 15.7. The highest BCUT2D eigenvalue weighted by Gasteiger charge is 2.11. The molecule has 0 amide bonds. The number of esters is 1. The molecule has 0 unspecified atom stereocenters. The van der Waals surface area contributed by atoms with Crippen molar-refractivity contribution in [2.75, 3.05) is 19.0 Å². The molecule has 19 heavy (non-hydrogen) atoms. The van der Waals surface area contributed by atoms with Crippen LogP contribution in [0, 0.1) is 0 Å². The van der Waals surface area contributed by atoms with Crippen LogP contribution in [-0.2, 0) is 11.3 Å². The number of ether oxygens (including phenoxy) is 1. The standard InChI is InChI=1S/C13H16N4O2/c1-19-13(18)11-5-2-6-14-12(11)15-7-3-9-17-10-4-8-16-17/h2,4-6,8,10H,3,7,9H2,1H3,(H,14,15). The first-order valence-electron chi connectivity index (χ1n) is 6.06. The number of hydrogen-bond acceptors (Lipinski definition) is 5. The van der Waals surface area contributed by atoms with Gasteiger partial charge in [-0.2, -0.15) is 5.10 Å². The Morgan fingerprint density at radius 3 is 3.05 bits per heavy atom. The second kappa shape index (κ2) is 6.53. The van der Waals surface area contributed by atoms with Gasteiger partial charge in [-0.25, -0.2) is 9.78 Å². The zero-order valence-corrected chi connectivity index (χ0v) is 10.7. The van der Waals surface area contributed by atoms with Crippen LogP contribution < -0.4 is 5.32 Å². The largest absolute Gasteiger partial charge is 0.465 e. The zero-order valence-electron chi connectivity index (χ0n) is 10.7. The molecule has 0 aromatic carbocycles. The predicted molar refractivity (Wildman–Crippen MR) is 70.9 cm³/mol. The summed E-state index contributed by atoms with van der Waals surface area (Å²) in [7, 11) is 1.36. The SMILES string of the molecule is COC(=O)c1cccnc1NCCCn1cccn1. The van der Waals surface area contributed by atoms with Crippen LogP contribution >= 0.6 is 0 Å². The van der Waals surface area contributed by atoms with Crippen LogP contribution in [0.15, 0.2) is 36.8 Å². The summed E-state index contributed by atoms with van der Waals surface area (Å²) < 4.78 is 6.57. The van der Waals surface area contributed by atoms with Crippen LogP contribution in [0.2, 0.25) is 0 Å². The number of anilines is 1. The molecule has 0 aliphatic carbocycles. The molecule has 6 nitrogen and oxygen atoms in total. The Kier molecular flexibility index (Phi) is 4.49. The first kappa shape index (κ1) is 13.1. The molecule has 0 aliphatic rings. The van der Waals surface area contributed by atoms with Crippen LogP contribution in [0.5, 0.6) is 0 Å². The molecule has 6 heteroatoms. The van der Waals surface area contributed by atoms with E-state index in [1.807, 2.05) is 16.9 Å². The molecule has 2 aromatic rings. The lowest BCUT2D eigenvalue weighted by Crippen LogP contribution is -2.12. The van der Waals surface area contributed by atoms with Crippen molar-refractivity contribution in [2.45, 2.75) is 13.0 Å². The molecule has 2 aromatic heterocycles. The van der Waals surface area contributed by atoms with Crippen molar-refractivity contribution < 1.29 is 9.53 Å². The highest BCUT2D eigenvalue weighted by atomic mass is 16.5. The van der Waals surface area contributed by atoms with Gasteiger partial charge in [-0.15, -0.1) is 0 Å². The van der Waals surface area contributed by atoms with Gasteiger partial charge in [-0.3, -0.25) is 4.68 Å². The Labute approximate surface area is 111 Å². The molecule has 0 fully saturated rings. The Morgan fingerprint density at radius 2 is 2.32 bits per heavy atom. The van der Waals surface area contributed by atoms with Gasteiger partial charge in [-0.1, -0.05) is 0 Å². The minimum atomic E-state index is -0.386. The molecule has 0 radical (unpaired) electrons. The summed E-state index contributed by atoms with van der Waals surface area (Å²) in [5.74, 6) is 0.164. The number of carbonyl (C=O) groups excluding carboxylic acids is 1. The van der Waals surface area contributed by atoms with E-state index in [4.69, 9.17) is 4.74 Å². The van der Waals surface area contributed by atoms with Gasteiger partial charge < -0.3 is 10.1 Å². The first-order chi connectivity index (χ1) is 9.31. The maximum atomic E-state index is 11.5. The quantitative estimate of drug-likeness (QED) is 0.630. The lowest BCUT2D eigenvalue weighted by atomic mass is 10.2. The molecule has 1 N–H and O–H groups in total. The Balaban J connectivity index is 1.87. The number of methoxy groups -OCH3 is 1. The third-order valence-corrected chi connectivity index (χ3v) is 2.63. The van der Waals surface area contributed by atoms with E-state index in [9.17, 15) is 4.79 Å². The van der Waals surface area contributed by atoms with Crippen molar-refractivity contribution in [1.29, 1.82) is 0 Å². The fourth-order valence-corrected chi connectivity index (χ4v) is 1.70. The number of nitrogens with one attached hydrogen (secondary N) is 1. The number of rotatable bonds is 6. The second-order valence-corrected chi connectivity index (χ2v) is 3.94. The van der Waals surface area contributed by atoms with Gasteiger partial charge in [0.25, 0.3) is 0 Å². The molecule has 0 aliphatic heterocycles. The monoisotopic (exact) mass is 260 g/mol. The minimum Gasteiger partial charge on any atom is -0.465 e. The van der Waals surface area contributed by atoms with Crippen LogP contribution in [-0.4, -0.2) is 34.4 Å². The van der Waals surface area contributed by atoms with Crippen LogP contribution in [0.3, 0.4) is 0 Å². The Morgan fingerprint density at radius 1 is 1.42 bits per heavy atom. The normalized spacial score (nSPS) is 10.2. The van der Waals surface area contributed by atoms with Crippen molar-refractivity contribution in [2.24, 2.45) is 0 Å². The molecule has 0 atom stereocenters. The molecule has 0 saturated heterocycles. The van der Waals surface area contributed by atoms with Crippen molar-refractivity contribution in [3.63, 3.8) is 0 Å². The number of carbonyl (C=O) groups is 1. The van der Waals surface area contributed by atoms with E-state index < -0.39 is 0 Å². The topological polar surface area (TPSA) is 69.0 Å². The molecular weight excluding hydrogens is 244 g/mol.